The van der Waals surface area contributed by atoms with Gasteiger partial charge in [0.1, 0.15) is 0 Å². The minimum Gasteiger partial charge on any atom is -0.393 e. The highest BCUT2D eigenvalue weighted by Crippen LogP contribution is 2.35. The maximum absolute atomic E-state index is 14.0. The molecule has 11 heteroatoms. The third-order valence-corrected chi connectivity index (χ3v) is 12.3. The van der Waals surface area contributed by atoms with Gasteiger partial charge in [0.2, 0.25) is 21.8 Å². The predicted octanol–water partition coefficient (Wildman–Crippen LogP) is 4.36. The molecular formula is C36H64N4O6S. The zero-order chi connectivity index (χ0) is 34.4. The van der Waals surface area contributed by atoms with Gasteiger partial charge in [-0.15, -0.1) is 16.7 Å². The summed E-state index contributed by atoms with van der Waals surface area (Å²) in [6, 6.07) is -0.593. The number of amides is 2. The van der Waals surface area contributed by atoms with Crippen molar-refractivity contribution in [1.82, 2.24) is 20.1 Å². The molecule has 3 aliphatic carbocycles. The van der Waals surface area contributed by atoms with Gasteiger partial charge in [0.05, 0.1) is 23.5 Å². The van der Waals surface area contributed by atoms with Gasteiger partial charge in [0.15, 0.2) is 0 Å². The van der Waals surface area contributed by atoms with E-state index in [1.165, 1.54) is 0 Å². The molecule has 0 aliphatic heterocycles. The van der Waals surface area contributed by atoms with Crippen molar-refractivity contribution in [1.29, 1.82) is 0 Å². The topological polar surface area (TPSA) is 139 Å². The van der Waals surface area contributed by atoms with E-state index in [1.807, 2.05) is 11.8 Å². The molecule has 10 nitrogen and oxygen atoms in total. The van der Waals surface area contributed by atoms with Crippen molar-refractivity contribution in [2.24, 2.45) is 23.7 Å². The van der Waals surface area contributed by atoms with Crippen LogP contribution in [0.25, 0.3) is 0 Å². The lowest BCUT2D eigenvalue weighted by Crippen LogP contribution is -2.55. The Bertz CT molecular complexity index is 1120. The Morgan fingerprint density at radius 2 is 1.49 bits per heavy atom. The number of hydrogen-bond donors (Lipinski definition) is 4. The van der Waals surface area contributed by atoms with Crippen LogP contribution in [0.15, 0.2) is 0 Å². The van der Waals surface area contributed by atoms with Crippen LogP contribution in [0.4, 0.5) is 0 Å². The molecule has 0 bridgehead atoms. The van der Waals surface area contributed by atoms with Gasteiger partial charge in [-0.05, 0) is 96.3 Å². The highest BCUT2D eigenvalue weighted by Gasteiger charge is 2.39. The molecule has 0 heterocycles. The Labute approximate surface area is 285 Å². The summed E-state index contributed by atoms with van der Waals surface area (Å²) in [5.74, 6) is 5.66. The number of aliphatic hydroxyl groups excluding tert-OH is 2. The molecule has 0 radical (unpaired) electrons. The minimum atomic E-state index is -3.59. The van der Waals surface area contributed by atoms with Crippen LogP contribution in [0.5, 0.6) is 0 Å². The first-order chi connectivity index (χ1) is 22.5. The van der Waals surface area contributed by atoms with E-state index in [2.05, 4.69) is 35.8 Å². The van der Waals surface area contributed by atoms with E-state index in [1.54, 1.807) is 11.9 Å². The number of sulfonamides is 1. The monoisotopic (exact) mass is 680 g/mol. The Morgan fingerprint density at radius 3 is 2.09 bits per heavy atom. The number of hydrogen-bond acceptors (Lipinski definition) is 7. The molecule has 3 fully saturated rings. The first-order valence-corrected chi connectivity index (χ1v) is 20.2. The number of carbonyl (C=O) groups is 2. The molecule has 5 atom stereocenters. The van der Waals surface area contributed by atoms with Gasteiger partial charge < -0.3 is 20.4 Å². The van der Waals surface area contributed by atoms with Crippen LogP contribution in [0.1, 0.15) is 130 Å². The average molecular weight is 681 g/mol. The van der Waals surface area contributed by atoms with Crippen LogP contribution >= 0.6 is 0 Å². The van der Waals surface area contributed by atoms with E-state index < -0.39 is 33.3 Å². The second-order valence-electron chi connectivity index (χ2n) is 14.5. The van der Waals surface area contributed by atoms with Gasteiger partial charge in [0, 0.05) is 43.9 Å². The first-order valence-electron chi connectivity index (χ1n) is 18.6. The van der Waals surface area contributed by atoms with E-state index in [-0.39, 0.29) is 42.2 Å². The first kappa shape index (κ1) is 39.7. The molecule has 2 amide bonds. The molecule has 0 aromatic carbocycles. The van der Waals surface area contributed by atoms with Gasteiger partial charge in [0.25, 0.3) is 0 Å². The van der Waals surface area contributed by atoms with Crippen molar-refractivity contribution < 1.29 is 28.2 Å². The van der Waals surface area contributed by atoms with E-state index in [0.717, 1.165) is 44.9 Å². The van der Waals surface area contributed by atoms with Gasteiger partial charge >= 0.3 is 0 Å². The zero-order valence-electron chi connectivity index (χ0n) is 29.6. The van der Waals surface area contributed by atoms with Crippen LogP contribution in [0, 0.1) is 35.5 Å². The summed E-state index contributed by atoms with van der Waals surface area (Å²) in [7, 11) is -3.59. The Hall–Kier alpha value is -1.71. The SMILES string of the molecule is CC#CC1CC(C(=O)NC(CC2CCC(O)CC2)C(O)CN(CCC)NS(=O)(=O)C2CCCCC2)CC(C(=O)N(CCC)CCC)C1. The summed E-state index contributed by atoms with van der Waals surface area (Å²) in [6.45, 7) is 9.80. The lowest BCUT2D eigenvalue weighted by molar-refractivity contribution is -0.139. The van der Waals surface area contributed by atoms with Gasteiger partial charge in [-0.2, -0.15) is 0 Å². The molecule has 3 saturated carbocycles. The summed E-state index contributed by atoms with van der Waals surface area (Å²) in [4.78, 5) is 32.4. The van der Waals surface area contributed by atoms with Crippen LogP contribution < -0.4 is 10.1 Å². The zero-order valence-corrected chi connectivity index (χ0v) is 30.4. The smallest absolute Gasteiger partial charge is 0.227 e. The molecule has 0 spiro atoms. The summed E-state index contributed by atoms with van der Waals surface area (Å²) < 4.78 is 26.6. The van der Waals surface area contributed by atoms with Crippen LogP contribution in [0.2, 0.25) is 0 Å². The Morgan fingerprint density at radius 1 is 0.872 bits per heavy atom. The maximum Gasteiger partial charge on any atom is 0.227 e. The van der Waals surface area contributed by atoms with Crippen molar-refractivity contribution >= 4 is 21.8 Å². The number of rotatable bonds is 17. The minimum absolute atomic E-state index is 0.0544. The van der Waals surface area contributed by atoms with Crippen LogP contribution in [-0.4, -0.2) is 90.0 Å². The Kier molecular flexibility index (Phi) is 17.0. The standard InChI is InChI=1S/C36H64N4O6S/c1-5-12-28-22-29(25-30(23-28)36(44)39(19-6-2)20-7-3)35(43)37-33(24-27-15-17-31(41)18-16-27)34(42)26-40(21-8-4)38-47(45,46)32-13-10-9-11-14-32/h27-34,38,41-42H,6-11,13-26H2,1-4H3,(H,37,43). The summed E-state index contributed by atoms with van der Waals surface area (Å²) in [5, 5.41) is 26.2. The normalized spacial score (nSPS) is 27.0. The predicted molar refractivity (Wildman–Crippen MR) is 186 cm³/mol. The molecule has 4 N–H and O–H groups in total. The van der Waals surface area contributed by atoms with Gasteiger partial charge in [-0.1, -0.05) is 40.0 Å². The van der Waals surface area contributed by atoms with Gasteiger partial charge in [-0.3, -0.25) is 9.59 Å². The number of carbonyl (C=O) groups excluding carboxylic acids is 2. The second-order valence-corrected chi connectivity index (χ2v) is 16.4. The number of hydrazine groups is 1. The molecule has 3 rings (SSSR count). The highest BCUT2D eigenvalue weighted by atomic mass is 32.2. The lowest BCUT2D eigenvalue weighted by Gasteiger charge is -2.37. The van der Waals surface area contributed by atoms with Crippen molar-refractivity contribution in [3.63, 3.8) is 0 Å². The van der Waals surface area contributed by atoms with Crippen molar-refractivity contribution in [2.75, 3.05) is 26.2 Å². The average Bonchev–Trinajstić information content (AvgIpc) is 3.05. The van der Waals surface area contributed by atoms with Crippen LogP contribution in [-0.2, 0) is 19.6 Å². The summed E-state index contributed by atoms with van der Waals surface area (Å²) >= 11 is 0. The summed E-state index contributed by atoms with van der Waals surface area (Å²) in [6.07, 6.45) is 10.5. The molecule has 3 aliphatic rings. The fraction of sp³-hybridized carbons (Fsp3) is 0.889. The van der Waals surface area contributed by atoms with Crippen molar-refractivity contribution in [2.45, 2.75) is 154 Å². The number of nitrogens with zero attached hydrogens (tertiary/aromatic N) is 2. The molecule has 270 valence electrons. The molecule has 0 aromatic heterocycles. The number of nitrogens with one attached hydrogen (secondary N) is 2. The molecule has 0 saturated heterocycles. The van der Waals surface area contributed by atoms with Crippen LogP contribution in [0.3, 0.4) is 0 Å². The fourth-order valence-corrected chi connectivity index (χ4v) is 9.60. The van der Waals surface area contributed by atoms with Crippen molar-refractivity contribution in [3.05, 3.63) is 0 Å². The van der Waals surface area contributed by atoms with Gasteiger partial charge in [-0.25, -0.2) is 13.4 Å². The van der Waals surface area contributed by atoms with E-state index in [4.69, 9.17) is 0 Å². The third kappa shape index (κ3) is 12.6. The fourth-order valence-electron chi connectivity index (χ4n) is 7.97. The molecule has 0 aromatic rings. The molecular weight excluding hydrogens is 616 g/mol. The summed E-state index contributed by atoms with van der Waals surface area (Å²) in [5.41, 5.74) is 0. The third-order valence-electron chi connectivity index (χ3n) is 10.4. The Balaban J connectivity index is 1.78. The molecule has 47 heavy (non-hydrogen) atoms. The quantitative estimate of drug-likeness (QED) is 0.132. The second kappa shape index (κ2) is 20.1. The lowest BCUT2D eigenvalue weighted by atomic mass is 9.74. The van der Waals surface area contributed by atoms with E-state index >= 15 is 0 Å². The largest absolute Gasteiger partial charge is 0.393 e. The highest BCUT2D eigenvalue weighted by molar-refractivity contribution is 7.90. The van der Waals surface area contributed by atoms with E-state index in [9.17, 15) is 28.2 Å². The number of aliphatic hydroxyl groups is 2. The maximum atomic E-state index is 14.0. The van der Waals surface area contributed by atoms with Crippen molar-refractivity contribution in [3.8, 4) is 11.8 Å². The molecule has 5 unspecified atom stereocenters. The van der Waals surface area contributed by atoms with E-state index in [0.29, 0.717) is 77.4 Å².